The molecule has 0 aromatic rings. The Morgan fingerprint density at radius 1 is 1.70 bits per heavy atom. The van der Waals surface area contributed by atoms with Gasteiger partial charge in [-0.3, -0.25) is 0 Å². The fourth-order valence-electron chi connectivity index (χ4n) is 0.585. The van der Waals surface area contributed by atoms with Crippen LogP contribution in [0.15, 0.2) is 24.8 Å². The second kappa shape index (κ2) is 4.78. The van der Waals surface area contributed by atoms with E-state index in [0.29, 0.717) is 0 Å². The average Bonchev–Trinajstić information content (AvgIpc) is 1.91. The first kappa shape index (κ1) is 8.93. The molecule has 0 bridgehead atoms. The second-order valence-electron chi connectivity index (χ2n) is 1.91. The lowest BCUT2D eigenvalue weighted by molar-refractivity contribution is 0.200. The van der Waals surface area contributed by atoms with Crippen LogP contribution in [0.25, 0.3) is 0 Å². The second-order valence-corrected chi connectivity index (χ2v) is 1.91. The molecule has 0 aromatic heterocycles. The van der Waals surface area contributed by atoms with E-state index in [2.05, 4.69) is 6.58 Å². The van der Waals surface area contributed by atoms with Crippen molar-refractivity contribution in [1.29, 1.82) is 5.26 Å². The van der Waals surface area contributed by atoms with Crippen LogP contribution >= 0.6 is 0 Å². The van der Waals surface area contributed by atoms with Crippen molar-refractivity contribution in [2.24, 2.45) is 5.92 Å². The zero-order chi connectivity index (χ0) is 7.98. The molecule has 0 aromatic carbocycles. The number of hydrogen-bond donors (Lipinski definition) is 1. The van der Waals surface area contributed by atoms with E-state index in [0.717, 1.165) is 0 Å². The molecule has 2 unspecified atom stereocenters. The molecular weight excluding hydrogens is 126 g/mol. The predicted molar refractivity (Wildman–Crippen MR) is 40.1 cm³/mol. The van der Waals surface area contributed by atoms with Crippen LogP contribution in [0.2, 0.25) is 0 Å². The lowest BCUT2D eigenvalue weighted by Gasteiger charge is -2.06. The van der Waals surface area contributed by atoms with E-state index in [1.165, 1.54) is 6.08 Å². The van der Waals surface area contributed by atoms with Gasteiger partial charge < -0.3 is 5.11 Å². The fourth-order valence-corrected chi connectivity index (χ4v) is 0.585. The molecule has 0 aliphatic heterocycles. The number of nitrogens with zero attached hydrogens (tertiary/aromatic N) is 1. The molecule has 0 rings (SSSR count). The molecule has 1 N–H and O–H groups in total. The highest BCUT2D eigenvalue weighted by Crippen LogP contribution is 2.04. The van der Waals surface area contributed by atoms with Crippen molar-refractivity contribution >= 4 is 0 Å². The van der Waals surface area contributed by atoms with Gasteiger partial charge >= 0.3 is 0 Å². The van der Waals surface area contributed by atoms with Crippen molar-refractivity contribution in [1.82, 2.24) is 0 Å². The van der Waals surface area contributed by atoms with E-state index in [9.17, 15) is 0 Å². The Kier molecular flexibility index (Phi) is 4.26. The van der Waals surface area contributed by atoms with Crippen LogP contribution in [0.4, 0.5) is 0 Å². The molecule has 2 nitrogen and oxygen atoms in total. The van der Waals surface area contributed by atoms with Crippen LogP contribution in [0.5, 0.6) is 0 Å². The summed E-state index contributed by atoms with van der Waals surface area (Å²) in [5.74, 6) is -0.490. The van der Waals surface area contributed by atoms with Gasteiger partial charge in [-0.1, -0.05) is 18.2 Å². The number of allylic oxidation sites excluding steroid dienone is 1. The van der Waals surface area contributed by atoms with Crippen molar-refractivity contribution in [2.45, 2.75) is 13.0 Å². The molecule has 0 spiro atoms. The van der Waals surface area contributed by atoms with E-state index in [-0.39, 0.29) is 0 Å². The van der Waals surface area contributed by atoms with E-state index < -0.39 is 12.0 Å². The maximum Gasteiger partial charge on any atom is 0.0936 e. The third kappa shape index (κ3) is 2.47. The monoisotopic (exact) mass is 137 g/mol. The van der Waals surface area contributed by atoms with Gasteiger partial charge in [0.25, 0.3) is 0 Å². The summed E-state index contributed by atoms with van der Waals surface area (Å²) in [6, 6.07) is 1.92. The standard InChI is InChI=1S/C8H11NO/c1-3-5-8(10)7(4-2)6-9/h3-5,7-8,10H,2H2,1H3/b5-3+. The summed E-state index contributed by atoms with van der Waals surface area (Å²) in [7, 11) is 0. The zero-order valence-corrected chi connectivity index (χ0v) is 5.99. The molecule has 0 radical (unpaired) electrons. The van der Waals surface area contributed by atoms with Gasteiger partial charge in [0.2, 0.25) is 0 Å². The summed E-state index contributed by atoms with van der Waals surface area (Å²) in [5.41, 5.74) is 0. The maximum atomic E-state index is 9.13. The van der Waals surface area contributed by atoms with Gasteiger partial charge in [0.1, 0.15) is 0 Å². The van der Waals surface area contributed by atoms with Crippen molar-refractivity contribution in [3.63, 3.8) is 0 Å². The quantitative estimate of drug-likeness (QED) is 0.595. The van der Waals surface area contributed by atoms with Gasteiger partial charge in [-0.05, 0) is 6.92 Å². The molecule has 0 aliphatic rings. The van der Waals surface area contributed by atoms with Crippen molar-refractivity contribution in [3.8, 4) is 6.07 Å². The first-order valence-corrected chi connectivity index (χ1v) is 3.09. The van der Waals surface area contributed by atoms with Gasteiger partial charge in [0.05, 0.1) is 18.1 Å². The van der Waals surface area contributed by atoms with Crippen LogP contribution in [-0.4, -0.2) is 11.2 Å². The Bertz CT molecular complexity index is 167. The van der Waals surface area contributed by atoms with Crippen molar-refractivity contribution < 1.29 is 5.11 Å². The SMILES string of the molecule is C=CC(C#N)C(O)/C=C/C. The summed E-state index contributed by atoms with van der Waals surface area (Å²) in [5, 5.41) is 17.5. The van der Waals surface area contributed by atoms with Gasteiger partial charge in [-0.2, -0.15) is 5.26 Å². The Labute approximate surface area is 61.1 Å². The summed E-state index contributed by atoms with van der Waals surface area (Å²) >= 11 is 0. The number of hydrogen-bond acceptors (Lipinski definition) is 2. The Balaban J connectivity index is 4.04. The van der Waals surface area contributed by atoms with Gasteiger partial charge in [0.15, 0.2) is 0 Å². The Hall–Kier alpha value is -1.07. The van der Waals surface area contributed by atoms with E-state index in [1.807, 2.05) is 6.07 Å². The fraction of sp³-hybridized carbons (Fsp3) is 0.375. The molecule has 2 atom stereocenters. The maximum absolute atomic E-state index is 9.13. The van der Waals surface area contributed by atoms with Crippen molar-refractivity contribution in [3.05, 3.63) is 24.8 Å². The minimum Gasteiger partial charge on any atom is -0.387 e. The van der Waals surface area contributed by atoms with Crippen LogP contribution in [0, 0.1) is 17.2 Å². The topological polar surface area (TPSA) is 44.0 Å². The van der Waals surface area contributed by atoms with Crippen LogP contribution in [-0.2, 0) is 0 Å². The molecule has 0 heterocycles. The predicted octanol–water partition coefficient (Wildman–Crippen LogP) is 1.25. The van der Waals surface area contributed by atoms with Gasteiger partial charge in [-0.25, -0.2) is 0 Å². The van der Waals surface area contributed by atoms with Crippen LogP contribution in [0.1, 0.15) is 6.92 Å². The van der Waals surface area contributed by atoms with Crippen LogP contribution in [0.3, 0.4) is 0 Å². The number of aliphatic hydroxyl groups is 1. The minimum absolute atomic E-state index is 0.490. The largest absolute Gasteiger partial charge is 0.387 e. The Morgan fingerprint density at radius 2 is 2.30 bits per heavy atom. The van der Waals surface area contributed by atoms with Crippen LogP contribution < -0.4 is 0 Å². The van der Waals surface area contributed by atoms with Gasteiger partial charge in [-0.15, -0.1) is 6.58 Å². The summed E-state index contributed by atoms with van der Waals surface area (Å²) in [6.07, 6.45) is 3.99. The molecule has 10 heavy (non-hydrogen) atoms. The Morgan fingerprint density at radius 3 is 2.60 bits per heavy atom. The summed E-state index contributed by atoms with van der Waals surface area (Å²) in [4.78, 5) is 0. The number of aliphatic hydroxyl groups excluding tert-OH is 1. The summed E-state index contributed by atoms with van der Waals surface area (Å²) in [6.45, 7) is 5.21. The molecule has 0 saturated carbocycles. The van der Waals surface area contributed by atoms with Crippen molar-refractivity contribution in [2.75, 3.05) is 0 Å². The third-order valence-electron chi connectivity index (χ3n) is 1.16. The molecule has 0 amide bonds. The van der Waals surface area contributed by atoms with E-state index in [1.54, 1.807) is 19.1 Å². The van der Waals surface area contributed by atoms with Gasteiger partial charge in [0, 0.05) is 0 Å². The number of nitriles is 1. The molecule has 0 saturated heterocycles. The third-order valence-corrected chi connectivity index (χ3v) is 1.16. The number of rotatable bonds is 3. The average molecular weight is 137 g/mol. The lowest BCUT2D eigenvalue weighted by atomic mass is 10.0. The van der Waals surface area contributed by atoms with E-state index in [4.69, 9.17) is 10.4 Å². The summed E-state index contributed by atoms with van der Waals surface area (Å²) < 4.78 is 0. The molecule has 54 valence electrons. The first-order chi connectivity index (χ1) is 4.76. The van der Waals surface area contributed by atoms with E-state index >= 15 is 0 Å². The highest BCUT2D eigenvalue weighted by Gasteiger charge is 2.09. The highest BCUT2D eigenvalue weighted by atomic mass is 16.3. The molecule has 2 heteroatoms. The minimum atomic E-state index is -0.715. The highest BCUT2D eigenvalue weighted by molar-refractivity contribution is 5.06. The normalized spacial score (nSPS) is 16.1. The first-order valence-electron chi connectivity index (χ1n) is 3.09. The zero-order valence-electron chi connectivity index (χ0n) is 5.99. The molecular formula is C8H11NO. The molecule has 0 fully saturated rings. The smallest absolute Gasteiger partial charge is 0.0936 e. The lowest BCUT2D eigenvalue weighted by Crippen LogP contribution is -2.13. The molecule has 0 aliphatic carbocycles.